The number of hydrogen-bond acceptors (Lipinski definition) is 3. The summed E-state index contributed by atoms with van der Waals surface area (Å²) in [5.74, 6) is 0. The first-order chi connectivity index (χ1) is 13.8. The molecule has 29 heavy (non-hydrogen) atoms. The number of fused-ring (bicyclic) bond motifs is 1. The number of benzene rings is 2. The van der Waals surface area contributed by atoms with Crippen LogP contribution in [0.15, 0.2) is 53.1 Å². The van der Waals surface area contributed by atoms with Gasteiger partial charge < -0.3 is 19.5 Å². The lowest BCUT2D eigenvalue weighted by Gasteiger charge is -2.37. The number of nitrogens with one attached hydrogen (secondary N) is 1. The Hall–Kier alpha value is -2.47. The monoisotopic (exact) mass is 455 g/mol. The molecule has 0 aliphatic carbocycles. The summed E-state index contributed by atoms with van der Waals surface area (Å²) in [4.78, 5) is 19.7. The Morgan fingerprint density at radius 3 is 2.48 bits per heavy atom. The predicted octanol–water partition coefficient (Wildman–Crippen LogP) is 5.65. The standard InChI is InChI=1S/C23H26BrN3O2/c1-23(2,3)29-22(28)27-10-8-26(9-11-27)20-13-18(12-19(24)15-20)17-5-4-16-6-7-25-21(16)14-17/h4-7,12-15,25H,8-11H2,1-3H3. The number of ether oxygens (including phenoxy) is 1. The first kappa shape index (κ1) is 19.8. The fourth-order valence-corrected chi connectivity index (χ4v) is 4.11. The molecule has 0 saturated carbocycles. The Balaban J connectivity index is 1.50. The van der Waals surface area contributed by atoms with Gasteiger partial charge in [0.25, 0.3) is 0 Å². The highest BCUT2D eigenvalue weighted by molar-refractivity contribution is 9.10. The molecule has 3 aromatic rings. The Kier molecular flexibility index (Phi) is 5.30. The highest BCUT2D eigenvalue weighted by Crippen LogP contribution is 2.31. The van der Waals surface area contributed by atoms with Crippen molar-refractivity contribution in [3.8, 4) is 11.1 Å². The topological polar surface area (TPSA) is 48.6 Å². The van der Waals surface area contributed by atoms with Crippen LogP contribution in [0.4, 0.5) is 10.5 Å². The number of nitrogens with zero attached hydrogens (tertiary/aromatic N) is 2. The van der Waals surface area contributed by atoms with Crippen molar-refractivity contribution in [3.05, 3.63) is 53.1 Å². The van der Waals surface area contributed by atoms with Gasteiger partial charge in [0.15, 0.2) is 0 Å². The number of H-pyrrole nitrogens is 1. The van der Waals surface area contributed by atoms with Crippen molar-refractivity contribution in [3.63, 3.8) is 0 Å². The summed E-state index contributed by atoms with van der Waals surface area (Å²) in [7, 11) is 0. The molecule has 1 saturated heterocycles. The Labute approximate surface area is 179 Å². The minimum atomic E-state index is -0.465. The first-order valence-electron chi connectivity index (χ1n) is 9.89. The second-order valence-electron chi connectivity index (χ2n) is 8.43. The van der Waals surface area contributed by atoms with Gasteiger partial charge in [0.2, 0.25) is 0 Å². The normalized spacial score (nSPS) is 15.0. The van der Waals surface area contributed by atoms with E-state index in [1.165, 1.54) is 16.5 Å². The summed E-state index contributed by atoms with van der Waals surface area (Å²) in [6.45, 7) is 8.57. The molecule has 5 nitrogen and oxygen atoms in total. The molecular formula is C23H26BrN3O2. The molecule has 0 radical (unpaired) electrons. The van der Waals surface area contributed by atoms with Crippen molar-refractivity contribution >= 4 is 38.6 Å². The predicted molar refractivity (Wildman–Crippen MR) is 121 cm³/mol. The van der Waals surface area contributed by atoms with Gasteiger partial charge in [0.1, 0.15) is 5.60 Å². The van der Waals surface area contributed by atoms with E-state index in [2.05, 4.69) is 68.3 Å². The Bertz CT molecular complexity index is 1030. The maximum absolute atomic E-state index is 12.3. The summed E-state index contributed by atoms with van der Waals surface area (Å²) in [5, 5.41) is 1.21. The summed E-state index contributed by atoms with van der Waals surface area (Å²) < 4.78 is 6.55. The molecular weight excluding hydrogens is 430 g/mol. The summed E-state index contributed by atoms with van der Waals surface area (Å²) in [6.07, 6.45) is 1.73. The number of anilines is 1. The highest BCUT2D eigenvalue weighted by Gasteiger charge is 2.26. The molecule has 0 spiro atoms. The molecule has 152 valence electrons. The fourth-order valence-electron chi connectivity index (χ4n) is 3.62. The van der Waals surface area contributed by atoms with E-state index in [-0.39, 0.29) is 6.09 Å². The van der Waals surface area contributed by atoms with E-state index >= 15 is 0 Å². The van der Waals surface area contributed by atoms with Crippen LogP contribution in [0.1, 0.15) is 20.8 Å². The zero-order valence-electron chi connectivity index (χ0n) is 17.0. The second-order valence-corrected chi connectivity index (χ2v) is 9.35. The van der Waals surface area contributed by atoms with Crippen molar-refractivity contribution in [1.82, 2.24) is 9.88 Å². The van der Waals surface area contributed by atoms with Crippen molar-refractivity contribution < 1.29 is 9.53 Å². The van der Waals surface area contributed by atoms with Gasteiger partial charge in [-0.1, -0.05) is 28.1 Å². The number of aromatic amines is 1. The van der Waals surface area contributed by atoms with Gasteiger partial charge in [-0.2, -0.15) is 0 Å². The maximum Gasteiger partial charge on any atom is 0.410 e. The van der Waals surface area contributed by atoms with Gasteiger partial charge in [0, 0.05) is 48.1 Å². The van der Waals surface area contributed by atoms with E-state index in [9.17, 15) is 4.79 Å². The molecule has 1 amide bonds. The van der Waals surface area contributed by atoms with Gasteiger partial charge in [-0.25, -0.2) is 4.79 Å². The number of carbonyl (C=O) groups excluding carboxylic acids is 1. The van der Waals surface area contributed by atoms with E-state index in [1.54, 1.807) is 4.90 Å². The molecule has 1 aromatic heterocycles. The third kappa shape index (κ3) is 4.58. The molecule has 1 aliphatic rings. The number of piperazine rings is 1. The molecule has 2 aromatic carbocycles. The van der Waals surface area contributed by atoms with E-state index in [0.29, 0.717) is 13.1 Å². The van der Waals surface area contributed by atoms with Gasteiger partial charge in [0.05, 0.1) is 0 Å². The number of rotatable bonds is 2. The number of amides is 1. The lowest BCUT2D eigenvalue weighted by Crippen LogP contribution is -2.50. The molecule has 1 aliphatic heterocycles. The van der Waals surface area contributed by atoms with Crippen molar-refractivity contribution in [2.24, 2.45) is 0 Å². The van der Waals surface area contributed by atoms with Crippen molar-refractivity contribution in [2.45, 2.75) is 26.4 Å². The fraction of sp³-hybridized carbons (Fsp3) is 0.348. The highest BCUT2D eigenvalue weighted by atomic mass is 79.9. The minimum Gasteiger partial charge on any atom is -0.444 e. The maximum atomic E-state index is 12.3. The first-order valence-corrected chi connectivity index (χ1v) is 10.7. The van der Waals surface area contributed by atoms with Gasteiger partial charge in [-0.3, -0.25) is 0 Å². The van der Waals surface area contributed by atoms with Gasteiger partial charge in [-0.05, 0) is 67.6 Å². The lowest BCUT2D eigenvalue weighted by atomic mass is 10.0. The molecule has 4 rings (SSSR count). The van der Waals surface area contributed by atoms with Crippen LogP contribution < -0.4 is 4.90 Å². The Morgan fingerprint density at radius 1 is 1.00 bits per heavy atom. The molecule has 0 unspecified atom stereocenters. The quantitative estimate of drug-likeness (QED) is 0.542. The number of halogens is 1. The molecule has 0 bridgehead atoms. The zero-order chi connectivity index (χ0) is 20.6. The number of carbonyl (C=O) groups is 1. The van der Waals surface area contributed by atoms with Crippen LogP contribution in [-0.2, 0) is 4.74 Å². The average molecular weight is 456 g/mol. The number of hydrogen-bond donors (Lipinski definition) is 1. The lowest BCUT2D eigenvalue weighted by molar-refractivity contribution is 0.0240. The third-order valence-electron chi connectivity index (χ3n) is 5.07. The molecule has 6 heteroatoms. The Morgan fingerprint density at radius 2 is 1.76 bits per heavy atom. The van der Waals surface area contributed by atoms with Crippen LogP contribution in [0.3, 0.4) is 0 Å². The summed E-state index contributed by atoms with van der Waals surface area (Å²) in [6, 6.07) is 15.1. The van der Waals surface area contributed by atoms with Crippen LogP contribution in [0, 0.1) is 0 Å². The largest absolute Gasteiger partial charge is 0.444 e. The van der Waals surface area contributed by atoms with Crippen molar-refractivity contribution in [2.75, 3.05) is 31.1 Å². The molecule has 2 heterocycles. The average Bonchev–Trinajstić information content (AvgIpc) is 3.14. The number of aromatic nitrogens is 1. The van der Waals surface area contributed by atoms with Crippen molar-refractivity contribution in [1.29, 1.82) is 0 Å². The molecule has 0 atom stereocenters. The van der Waals surface area contributed by atoms with Crippen LogP contribution in [0.25, 0.3) is 22.0 Å². The third-order valence-corrected chi connectivity index (χ3v) is 5.53. The van der Waals surface area contributed by atoms with E-state index in [4.69, 9.17) is 4.74 Å². The molecule has 1 fully saturated rings. The van der Waals surface area contributed by atoms with Crippen LogP contribution >= 0.6 is 15.9 Å². The van der Waals surface area contributed by atoms with E-state index < -0.39 is 5.60 Å². The smallest absolute Gasteiger partial charge is 0.410 e. The van der Waals surface area contributed by atoms with E-state index in [1.807, 2.05) is 27.0 Å². The van der Waals surface area contributed by atoms with Gasteiger partial charge in [-0.15, -0.1) is 0 Å². The van der Waals surface area contributed by atoms with E-state index in [0.717, 1.165) is 28.8 Å². The summed E-state index contributed by atoms with van der Waals surface area (Å²) >= 11 is 3.67. The van der Waals surface area contributed by atoms with Crippen LogP contribution in [0.5, 0.6) is 0 Å². The molecule has 1 N–H and O–H groups in total. The van der Waals surface area contributed by atoms with Crippen LogP contribution in [-0.4, -0.2) is 47.8 Å². The zero-order valence-corrected chi connectivity index (χ0v) is 18.6. The van der Waals surface area contributed by atoms with Crippen LogP contribution in [0.2, 0.25) is 0 Å². The SMILES string of the molecule is CC(C)(C)OC(=O)N1CCN(c2cc(Br)cc(-c3ccc4cc[nH]c4c3)c2)CC1. The van der Waals surface area contributed by atoms with Gasteiger partial charge >= 0.3 is 6.09 Å². The second kappa shape index (κ2) is 7.75. The summed E-state index contributed by atoms with van der Waals surface area (Å²) in [5.41, 5.74) is 4.17. The minimum absolute atomic E-state index is 0.230.